The van der Waals surface area contributed by atoms with Gasteiger partial charge in [-0.05, 0) is 6.92 Å². The Morgan fingerprint density at radius 2 is 2.27 bits per heavy atom. The monoisotopic (exact) mass is 245 g/mol. The first-order valence-corrected chi connectivity index (χ1v) is 6.65. The summed E-state index contributed by atoms with van der Waals surface area (Å²) >= 11 is 0. The molecular formula is C8H8ClN3O2S. The van der Waals surface area contributed by atoms with E-state index in [1.807, 2.05) is 6.92 Å². The SMILES string of the molecule is Cc1cc2ncc(CS(=O)(=O)Cl)cn2n1. The van der Waals surface area contributed by atoms with Crippen LogP contribution in [0.3, 0.4) is 0 Å². The van der Waals surface area contributed by atoms with Crippen molar-refractivity contribution in [3.05, 3.63) is 29.7 Å². The van der Waals surface area contributed by atoms with Gasteiger partial charge in [0.25, 0.3) is 0 Å². The lowest BCUT2D eigenvalue weighted by atomic mass is 10.4. The highest BCUT2D eigenvalue weighted by atomic mass is 35.7. The van der Waals surface area contributed by atoms with E-state index in [9.17, 15) is 8.42 Å². The Hall–Kier alpha value is -1.14. The van der Waals surface area contributed by atoms with Crippen molar-refractivity contribution in [1.29, 1.82) is 0 Å². The number of hydrogen-bond acceptors (Lipinski definition) is 4. The largest absolute Gasteiger partial charge is 0.237 e. The molecule has 0 saturated carbocycles. The van der Waals surface area contributed by atoms with Crippen molar-refractivity contribution in [2.75, 3.05) is 0 Å². The predicted molar refractivity (Wildman–Crippen MR) is 56.2 cm³/mol. The van der Waals surface area contributed by atoms with Gasteiger partial charge < -0.3 is 0 Å². The van der Waals surface area contributed by atoms with Gasteiger partial charge in [0.1, 0.15) is 0 Å². The fourth-order valence-electron chi connectivity index (χ4n) is 1.31. The van der Waals surface area contributed by atoms with Gasteiger partial charge in [0.2, 0.25) is 9.05 Å². The van der Waals surface area contributed by atoms with Gasteiger partial charge in [0.05, 0.1) is 11.4 Å². The summed E-state index contributed by atoms with van der Waals surface area (Å²) in [6, 6.07) is 1.80. The molecule has 0 N–H and O–H groups in total. The smallest absolute Gasteiger partial charge is 0.236 e. The van der Waals surface area contributed by atoms with E-state index < -0.39 is 9.05 Å². The Balaban J connectivity index is 2.47. The highest BCUT2D eigenvalue weighted by Crippen LogP contribution is 2.10. The first-order valence-electron chi connectivity index (χ1n) is 4.17. The number of nitrogens with zero attached hydrogens (tertiary/aromatic N) is 3. The van der Waals surface area contributed by atoms with E-state index in [1.165, 1.54) is 10.7 Å². The maximum absolute atomic E-state index is 10.8. The fraction of sp³-hybridized carbons (Fsp3) is 0.250. The molecule has 7 heteroatoms. The summed E-state index contributed by atoms with van der Waals surface area (Å²) in [5.41, 5.74) is 2.03. The second-order valence-corrected chi connectivity index (χ2v) is 6.01. The van der Waals surface area contributed by atoms with Crippen LogP contribution in [-0.2, 0) is 14.8 Å². The quantitative estimate of drug-likeness (QED) is 0.744. The Morgan fingerprint density at radius 1 is 1.53 bits per heavy atom. The van der Waals surface area contributed by atoms with Crippen molar-refractivity contribution in [2.24, 2.45) is 0 Å². The van der Waals surface area contributed by atoms with Crippen molar-refractivity contribution in [3.8, 4) is 0 Å². The van der Waals surface area contributed by atoms with E-state index in [2.05, 4.69) is 10.1 Å². The molecule has 2 heterocycles. The van der Waals surface area contributed by atoms with Crippen LogP contribution in [-0.4, -0.2) is 23.0 Å². The minimum absolute atomic E-state index is 0.240. The fourth-order valence-corrected chi connectivity index (χ4v) is 2.23. The van der Waals surface area contributed by atoms with Crippen LogP contribution in [0, 0.1) is 6.92 Å². The van der Waals surface area contributed by atoms with Crippen LogP contribution < -0.4 is 0 Å². The summed E-state index contributed by atoms with van der Waals surface area (Å²) in [7, 11) is 1.59. The van der Waals surface area contributed by atoms with E-state index in [0.717, 1.165) is 5.69 Å². The average molecular weight is 246 g/mol. The Morgan fingerprint density at radius 3 is 2.93 bits per heavy atom. The van der Waals surface area contributed by atoms with Crippen LogP contribution in [0.1, 0.15) is 11.3 Å². The molecule has 0 unspecified atom stereocenters. The summed E-state index contributed by atoms with van der Waals surface area (Å²) in [6.07, 6.45) is 3.09. The van der Waals surface area contributed by atoms with Gasteiger partial charge in [0.15, 0.2) is 5.65 Å². The van der Waals surface area contributed by atoms with Crippen molar-refractivity contribution < 1.29 is 8.42 Å². The van der Waals surface area contributed by atoms with E-state index in [4.69, 9.17) is 10.7 Å². The number of fused-ring (bicyclic) bond motifs is 1. The number of rotatable bonds is 2. The maximum atomic E-state index is 10.8. The molecule has 2 rings (SSSR count). The third-order valence-corrected chi connectivity index (χ3v) is 2.83. The Bertz CT molecular complexity index is 605. The molecule has 5 nitrogen and oxygen atoms in total. The number of aryl methyl sites for hydroxylation is 1. The molecule has 0 spiro atoms. The minimum Gasteiger partial charge on any atom is -0.237 e. The Kier molecular flexibility index (Phi) is 2.40. The highest BCUT2D eigenvalue weighted by Gasteiger charge is 2.08. The molecule has 2 aromatic heterocycles. The summed E-state index contributed by atoms with van der Waals surface area (Å²) in [5.74, 6) is -0.240. The molecule has 0 fully saturated rings. The van der Waals surface area contributed by atoms with Gasteiger partial charge in [-0.15, -0.1) is 0 Å². The predicted octanol–water partition coefficient (Wildman–Crippen LogP) is 1.11. The highest BCUT2D eigenvalue weighted by molar-refractivity contribution is 8.13. The van der Waals surface area contributed by atoms with E-state index in [1.54, 1.807) is 12.3 Å². The van der Waals surface area contributed by atoms with E-state index >= 15 is 0 Å². The van der Waals surface area contributed by atoms with Gasteiger partial charge in [-0.1, -0.05) is 0 Å². The van der Waals surface area contributed by atoms with Crippen molar-refractivity contribution in [3.63, 3.8) is 0 Å². The molecule has 0 aliphatic heterocycles. The zero-order chi connectivity index (χ0) is 11.1. The number of hydrogen-bond donors (Lipinski definition) is 0. The third-order valence-electron chi connectivity index (χ3n) is 1.83. The molecule has 0 atom stereocenters. The molecule has 15 heavy (non-hydrogen) atoms. The average Bonchev–Trinajstić information content (AvgIpc) is 2.40. The summed E-state index contributed by atoms with van der Waals surface area (Å²) in [5, 5.41) is 4.12. The van der Waals surface area contributed by atoms with Crippen molar-refractivity contribution in [2.45, 2.75) is 12.7 Å². The molecule has 0 aromatic carbocycles. The van der Waals surface area contributed by atoms with Gasteiger partial charge >= 0.3 is 0 Å². The van der Waals surface area contributed by atoms with Crippen molar-refractivity contribution >= 4 is 25.4 Å². The molecule has 0 amide bonds. The first kappa shape index (κ1) is 10.4. The topological polar surface area (TPSA) is 64.3 Å². The molecule has 0 saturated heterocycles. The number of halogens is 1. The van der Waals surface area contributed by atoms with Gasteiger partial charge in [0, 0.05) is 34.7 Å². The lowest BCUT2D eigenvalue weighted by molar-refractivity contribution is 0.608. The van der Waals surface area contributed by atoms with Gasteiger partial charge in [-0.2, -0.15) is 5.10 Å². The molecular weight excluding hydrogens is 238 g/mol. The zero-order valence-electron chi connectivity index (χ0n) is 7.88. The van der Waals surface area contributed by atoms with E-state index in [0.29, 0.717) is 11.2 Å². The second kappa shape index (κ2) is 3.46. The van der Waals surface area contributed by atoms with Crippen molar-refractivity contribution in [1.82, 2.24) is 14.6 Å². The van der Waals surface area contributed by atoms with Crippen LogP contribution in [0.25, 0.3) is 5.65 Å². The van der Waals surface area contributed by atoms with Gasteiger partial charge in [-0.3, -0.25) is 0 Å². The second-order valence-electron chi connectivity index (χ2n) is 3.23. The van der Waals surface area contributed by atoms with Crippen LogP contribution >= 0.6 is 10.7 Å². The first-order chi connectivity index (χ1) is 6.94. The van der Waals surface area contributed by atoms with Crippen LogP contribution in [0.15, 0.2) is 18.5 Å². The van der Waals surface area contributed by atoms with Crippen LogP contribution in [0.2, 0.25) is 0 Å². The Labute approximate surface area is 91.1 Å². The summed E-state index contributed by atoms with van der Waals surface area (Å²) in [6.45, 7) is 1.84. The molecule has 0 radical (unpaired) electrons. The summed E-state index contributed by atoms with van der Waals surface area (Å²) < 4.78 is 23.2. The molecule has 80 valence electrons. The van der Waals surface area contributed by atoms with Crippen LogP contribution in [0.5, 0.6) is 0 Å². The standard InChI is InChI=1S/C8H8ClN3O2S/c1-6-2-8-10-3-7(4-12(8)11-6)5-15(9,13)14/h2-4H,5H2,1H3. The molecule has 2 aromatic rings. The lowest BCUT2D eigenvalue weighted by Crippen LogP contribution is -1.99. The molecule has 0 aliphatic carbocycles. The lowest BCUT2D eigenvalue weighted by Gasteiger charge is -1.98. The molecule has 0 bridgehead atoms. The summed E-state index contributed by atoms with van der Waals surface area (Å²) in [4.78, 5) is 4.06. The third kappa shape index (κ3) is 2.45. The maximum Gasteiger partial charge on any atom is 0.236 e. The van der Waals surface area contributed by atoms with Crippen LogP contribution in [0.4, 0.5) is 0 Å². The normalized spacial score (nSPS) is 12.1. The van der Waals surface area contributed by atoms with Gasteiger partial charge in [-0.25, -0.2) is 17.9 Å². The van der Waals surface area contributed by atoms with E-state index in [-0.39, 0.29) is 5.75 Å². The zero-order valence-corrected chi connectivity index (χ0v) is 9.46. The minimum atomic E-state index is -3.55. The number of aromatic nitrogens is 3. The molecule has 0 aliphatic rings.